The Balaban J connectivity index is 1.75. The first-order valence-electron chi connectivity index (χ1n) is 9.94. The minimum absolute atomic E-state index is 0.0837. The molecule has 11 heteroatoms. The molecule has 0 unspecified atom stereocenters. The Morgan fingerprint density at radius 2 is 1.82 bits per heavy atom. The SMILES string of the molecule is Cc1oc2c(C(N)=O)cccc2c1-c1ncc(C(N)=O)c(NCc2cccc(B(O)O)c2)n1. The Hall–Kier alpha value is -4.22. The molecule has 0 aliphatic heterocycles. The van der Waals surface area contributed by atoms with E-state index < -0.39 is 18.9 Å². The van der Waals surface area contributed by atoms with Gasteiger partial charge in [0, 0.05) is 18.1 Å². The monoisotopic (exact) mass is 445 g/mol. The maximum Gasteiger partial charge on any atom is 0.488 e. The minimum atomic E-state index is -1.60. The minimum Gasteiger partial charge on any atom is -0.460 e. The number of fused-ring (bicyclic) bond motifs is 1. The smallest absolute Gasteiger partial charge is 0.460 e. The third-order valence-electron chi connectivity index (χ3n) is 5.14. The number of aryl methyl sites for hydroxylation is 1. The van der Waals surface area contributed by atoms with E-state index in [1.54, 1.807) is 49.4 Å². The van der Waals surface area contributed by atoms with Crippen LogP contribution in [0.2, 0.25) is 0 Å². The van der Waals surface area contributed by atoms with E-state index in [1.807, 2.05) is 0 Å². The average molecular weight is 445 g/mol. The first-order chi connectivity index (χ1) is 15.8. The van der Waals surface area contributed by atoms with Crippen LogP contribution < -0.4 is 22.2 Å². The summed E-state index contributed by atoms with van der Waals surface area (Å²) < 4.78 is 5.79. The molecule has 0 saturated carbocycles. The number of rotatable bonds is 7. The Labute approximate surface area is 188 Å². The maximum atomic E-state index is 11.9. The fourth-order valence-corrected chi connectivity index (χ4v) is 3.58. The highest BCUT2D eigenvalue weighted by atomic mass is 16.4. The van der Waals surface area contributed by atoms with Gasteiger partial charge in [0.15, 0.2) is 5.82 Å². The number of amides is 2. The zero-order valence-electron chi connectivity index (χ0n) is 17.6. The lowest BCUT2D eigenvalue weighted by Gasteiger charge is -2.11. The first kappa shape index (κ1) is 22.0. The fraction of sp³-hybridized carbons (Fsp3) is 0.0909. The molecular weight excluding hydrogens is 425 g/mol. The Bertz CT molecular complexity index is 1390. The topological polar surface area (TPSA) is 178 Å². The van der Waals surface area contributed by atoms with Gasteiger partial charge in [-0.1, -0.05) is 36.4 Å². The summed E-state index contributed by atoms with van der Waals surface area (Å²) in [5.74, 6) is -0.403. The number of hydrogen-bond acceptors (Lipinski definition) is 8. The number of nitrogens with two attached hydrogens (primary N) is 2. The molecule has 0 atom stereocenters. The van der Waals surface area contributed by atoms with Gasteiger partial charge in [0.1, 0.15) is 17.2 Å². The van der Waals surface area contributed by atoms with Gasteiger partial charge in [-0.25, -0.2) is 9.97 Å². The van der Waals surface area contributed by atoms with E-state index in [0.29, 0.717) is 27.8 Å². The van der Waals surface area contributed by atoms with Gasteiger partial charge in [-0.05, 0) is 24.0 Å². The third-order valence-corrected chi connectivity index (χ3v) is 5.14. The molecule has 33 heavy (non-hydrogen) atoms. The van der Waals surface area contributed by atoms with Crippen molar-refractivity contribution in [2.75, 3.05) is 5.32 Å². The summed E-state index contributed by atoms with van der Waals surface area (Å²) >= 11 is 0. The summed E-state index contributed by atoms with van der Waals surface area (Å²) in [6, 6.07) is 11.7. The molecule has 7 N–H and O–H groups in total. The number of anilines is 1. The van der Waals surface area contributed by atoms with Crippen molar-refractivity contribution in [2.45, 2.75) is 13.5 Å². The van der Waals surface area contributed by atoms with E-state index in [1.165, 1.54) is 6.20 Å². The van der Waals surface area contributed by atoms with Crippen molar-refractivity contribution >= 4 is 41.2 Å². The van der Waals surface area contributed by atoms with Gasteiger partial charge >= 0.3 is 7.12 Å². The second-order valence-electron chi connectivity index (χ2n) is 7.37. The van der Waals surface area contributed by atoms with Crippen molar-refractivity contribution in [3.05, 3.63) is 71.1 Å². The van der Waals surface area contributed by atoms with Crippen molar-refractivity contribution in [3.63, 3.8) is 0 Å². The van der Waals surface area contributed by atoms with Crippen LogP contribution in [0, 0.1) is 6.92 Å². The quantitative estimate of drug-likeness (QED) is 0.258. The van der Waals surface area contributed by atoms with Crippen LogP contribution in [0.4, 0.5) is 5.82 Å². The lowest BCUT2D eigenvalue weighted by atomic mass is 9.80. The molecule has 0 aliphatic carbocycles. The summed E-state index contributed by atoms with van der Waals surface area (Å²) in [6.07, 6.45) is 1.32. The number of furan rings is 1. The van der Waals surface area contributed by atoms with Crippen molar-refractivity contribution in [3.8, 4) is 11.4 Å². The zero-order valence-corrected chi connectivity index (χ0v) is 17.6. The van der Waals surface area contributed by atoms with Crippen molar-refractivity contribution in [2.24, 2.45) is 11.5 Å². The number of nitrogens with one attached hydrogen (secondary N) is 1. The average Bonchev–Trinajstić information content (AvgIpc) is 3.13. The Morgan fingerprint density at radius 3 is 2.52 bits per heavy atom. The summed E-state index contributed by atoms with van der Waals surface area (Å²) in [4.78, 5) is 32.5. The summed E-state index contributed by atoms with van der Waals surface area (Å²) in [5.41, 5.74) is 13.2. The van der Waals surface area contributed by atoms with Gasteiger partial charge in [0.05, 0.1) is 16.7 Å². The second kappa shape index (κ2) is 8.73. The molecule has 2 heterocycles. The van der Waals surface area contributed by atoms with E-state index >= 15 is 0 Å². The summed E-state index contributed by atoms with van der Waals surface area (Å²) in [5, 5.41) is 22.4. The molecule has 166 valence electrons. The molecule has 0 spiro atoms. The van der Waals surface area contributed by atoms with Crippen LogP contribution in [-0.4, -0.2) is 38.9 Å². The van der Waals surface area contributed by atoms with Crippen LogP contribution in [0.3, 0.4) is 0 Å². The molecule has 4 aromatic rings. The number of carbonyl (C=O) groups excluding carboxylic acids is 2. The number of nitrogens with zero attached hydrogens (tertiary/aromatic N) is 2. The molecule has 2 aromatic carbocycles. The van der Waals surface area contributed by atoms with Gasteiger partial charge in [0.2, 0.25) is 0 Å². The van der Waals surface area contributed by atoms with E-state index in [4.69, 9.17) is 15.9 Å². The van der Waals surface area contributed by atoms with Gasteiger partial charge in [0.25, 0.3) is 11.8 Å². The second-order valence-corrected chi connectivity index (χ2v) is 7.37. The molecule has 2 amide bonds. The summed E-state index contributed by atoms with van der Waals surface area (Å²) in [7, 11) is -1.60. The first-order valence-corrected chi connectivity index (χ1v) is 9.94. The fourth-order valence-electron chi connectivity index (χ4n) is 3.58. The number of benzene rings is 2. The highest BCUT2D eigenvalue weighted by molar-refractivity contribution is 6.58. The van der Waals surface area contributed by atoms with Gasteiger partial charge in [-0.3, -0.25) is 9.59 Å². The lowest BCUT2D eigenvalue weighted by Crippen LogP contribution is -2.30. The molecule has 0 radical (unpaired) electrons. The van der Waals surface area contributed by atoms with Gasteiger partial charge < -0.3 is 31.2 Å². The van der Waals surface area contributed by atoms with Crippen LogP contribution in [0.15, 0.2) is 53.1 Å². The predicted octanol–water partition coefficient (Wildman–Crippen LogP) is 0.688. The number of para-hydroxylation sites is 1. The largest absolute Gasteiger partial charge is 0.488 e. The van der Waals surface area contributed by atoms with E-state index in [-0.39, 0.29) is 29.3 Å². The lowest BCUT2D eigenvalue weighted by molar-refractivity contribution is 0.0992. The molecule has 4 rings (SSSR count). The van der Waals surface area contributed by atoms with E-state index in [0.717, 1.165) is 5.56 Å². The van der Waals surface area contributed by atoms with E-state index in [9.17, 15) is 19.6 Å². The third kappa shape index (κ3) is 4.27. The number of primary amides is 2. The highest BCUT2D eigenvalue weighted by Gasteiger charge is 2.21. The standard InChI is InChI=1S/C22H20BN5O5/c1-11-17(14-6-3-7-15(19(24)29)18(14)33-11)22-27-10-16(20(25)30)21(28-22)26-9-12-4-2-5-13(8-12)23(31)32/h2-8,10,31-32H,9H2,1H3,(H2,24,29)(H2,25,30)(H,26,27,28). The van der Waals surface area contributed by atoms with Gasteiger partial charge in [-0.15, -0.1) is 0 Å². The maximum absolute atomic E-state index is 11.9. The molecule has 10 nitrogen and oxygen atoms in total. The van der Waals surface area contributed by atoms with Crippen molar-refractivity contribution in [1.29, 1.82) is 0 Å². The van der Waals surface area contributed by atoms with Crippen LogP contribution in [0.1, 0.15) is 32.0 Å². The zero-order chi connectivity index (χ0) is 23.7. The number of hydrogen-bond donors (Lipinski definition) is 5. The van der Waals surface area contributed by atoms with Crippen LogP contribution in [0.5, 0.6) is 0 Å². The molecule has 0 aliphatic rings. The Morgan fingerprint density at radius 1 is 1.09 bits per heavy atom. The molecule has 0 fully saturated rings. The Kier molecular flexibility index (Phi) is 5.82. The van der Waals surface area contributed by atoms with Gasteiger partial charge in [-0.2, -0.15) is 0 Å². The van der Waals surface area contributed by atoms with Crippen molar-refractivity contribution in [1.82, 2.24) is 9.97 Å². The van der Waals surface area contributed by atoms with Crippen LogP contribution >= 0.6 is 0 Å². The van der Waals surface area contributed by atoms with Crippen LogP contribution in [-0.2, 0) is 6.54 Å². The highest BCUT2D eigenvalue weighted by Crippen LogP contribution is 2.35. The normalized spacial score (nSPS) is 10.9. The molecular formula is C22H20BN5O5. The van der Waals surface area contributed by atoms with Crippen molar-refractivity contribution < 1.29 is 24.1 Å². The van der Waals surface area contributed by atoms with E-state index in [2.05, 4.69) is 15.3 Å². The summed E-state index contributed by atoms with van der Waals surface area (Å²) in [6.45, 7) is 1.94. The molecule has 2 aromatic heterocycles. The predicted molar refractivity (Wildman–Crippen MR) is 123 cm³/mol. The van der Waals surface area contributed by atoms with Crippen LogP contribution in [0.25, 0.3) is 22.4 Å². The number of carbonyl (C=O) groups is 2. The number of aromatic nitrogens is 2. The molecule has 0 bridgehead atoms. The molecule has 0 saturated heterocycles.